The van der Waals surface area contributed by atoms with E-state index in [1.165, 1.54) is 0 Å². The van der Waals surface area contributed by atoms with Crippen molar-refractivity contribution in [1.29, 1.82) is 0 Å². The van der Waals surface area contributed by atoms with E-state index in [0.29, 0.717) is 18.6 Å². The molecule has 0 spiro atoms. The molecule has 7 heteroatoms. The molecule has 1 aromatic heterocycles. The number of hydrogen-bond acceptors (Lipinski definition) is 5. The van der Waals surface area contributed by atoms with Gasteiger partial charge < -0.3 is 24.5 Å². The first-order chi connectivity index (χ1) is 13.5. The van der Waals surface area contributed by atoms with Gasteiger partial charge in [-0.15, -0.1) is 0 Å². The fourth-order valence-corrected chi connectivity index (χ4v) is 3.90. The molecule has 0 aliphatic carbocycles. The number of benzene rings is 2. The molecule has 0 radical (unpaired) electrons. The highest BCUT2D eigenvalue weighted by atomic mass is 16.5. The van der Waals surface area contributed by atoms with Crippen LogP contribution in [0.3, 0.4) is 0 Å². The third-order valence-electron chi connectivity index (χ3n) is 5.47. The van der Waals surface area contributed by atoms with Crippen molar-refractivity contribution in [1.82, 2.24) is 5.32 Å². The Hall–Kier alpha value is -2.61. The van der Waals surface area contributed by atoms with Gasteiger partial charge in [0.2, 0.25) is 0 Å². The van der Waals surface area contributed by atoms with Crippen LogP contribution in [0.1, 0.15) is 30.0 Å². The summed E-state index contributed by atoms with van der Waals surface area (Å²) in [6, 6.07) is 15.1. The van der Waals surface area contributed by atoms with Gasteiger partial charge in [-0.1, -0.05) is 49.4 Å². The van der Waals surface area contributed by atoms with Crippen molar-refractivity contribution in [3.05, 3.63) is 71.5 Å². The Morgan fingerprint density at radius 1 is 1.21 bits per heavy atom. The predicted molar refractivity (Wildman–Crippen MR) is 105 cm³/mol. The van der Waals surface area contributed by atoms with E-state index in [-0.39, 0.29) is 12.3 Å². The zero-order valence-electron chi connectivity index (χ0n) is 15.6. The molecule has 0 saturated heterocycles. The molecule has 144 valence electrons. The van der Waals surface area contributed by atoms with Gasteiger partial charge in [-0.25, -0.2) is 0 Å². The Balaban J connectivity index is 1.59. The molecule has 6 nitrogen and oxygen atoms in total. The number of nitrogens with one attached hydrogen (secondary N) is 1. The predicted octanol–water partition coefficient (Wildman–Crippen LogP) is 2.31. The van der Waals surface area contributed by atoms with Crippen molar-refractivity contribution in [2.24, 2.45) is 0 Å². The largest absolute Gasteiger partial charge is 0.475 e. The number of rotatable bonds is 6. The molecular formula is C21H22BNO5. The summed E-state index contributed by atoms with van der Waals surface area (Å²) >= 11 is 0. The number of para-hydroxylation sites is 1. The number of carbonyl (C=O) groups excluding carboxylic acids is 1. The molecule has 28 heavy (non-hydrogen) atoms. The van der Waals surface area contributed by atoms with Gasteiger partial charge in [0.1, 0.15) is 5.58 Å². The smallest absolute Gasteiger partial charge is 0.464 e. The average Bonchev–Trinajstić information content (AvgIpc) is 3.29. The van der Waals surface area contributed by atoms with Crippen LogP contribution in [0.4, 0.5) is 0 Å². The quantitative estimate of drug-likeness (QED) is 0.572. The Bertz CT molecular complexity index is 1000. The molecule has 1 amide bonds. The highest BCUT2D eigenvalue weighted by Crippen LogP contribution is 2.39. The number of hydrogen-bond donors (Lipinski definition) is 3. The molecule has 3 aromatic rings. The maximum atomic E-state index is 13.2. The van der Waals surface area contributed by atoms with Gasteiger partial charge in [-0.3, -0.25) is 4.79 Å². The van der Waals surface area contributed by atoms with Gasteiger partial charge >= 0.3 is 7.12 Å². The summed E-state index contributed by atoms with van der Waals surface area (Å²) < 4.78 is 11.4. The van der Waals surface area contributed by atoms with Crippen LogP contribution in [0.5, 0.6) is 0 Å². The van der Waals surface area contributed by atoms with E-state index in [1.807, 2.05) is 55.5 Å². The highest BCUT2D eigenvalue weighted by Gasteiger charge is 2.46. The summed E-state index contributed by atoms with van der Waals surface area (Å²) in [5.41, 5.74) is 2.19. The van der Waals surface area contributed by atoms with Gasteiger partial charge in [0, 0.05) is 5.39 Å². The Morgan fingerprint density at radius 2 is 1.96 bits per heavy atom. The molecule has 0 saturated carbocycles. The second kappa shape index (κ2) is 7.43. The van der Waals surface area contributed by atoms with Crippen molar-refractivity contribution in [2.45, 2.75) is 37.9 Å². The van der Waals surface area contributed by atoms with Crippen LogP contribution < -0.4 is 5.32 Å². The first-order valence-electron chi connectivity index (χ1n) is 9.39. The molecule has 1 aliphatic rings. The summed E-state index contributed by atoms with van der Waals surface area (Å²) in [6.45, 7) is 2.24. The maximum Gasteiger partial charge on any atom is 0.475 e. The normalized spacial score (nSPS) is 19.4. The topological polar surface area (TPSA) is 91.9 Å². The van der Waals surface area contributed by atoms with E-state index in [4.69, 9.17) is 9.15 Å². The highest BCUT2D eigenvalue weighted by molar-refractivity contribution is 6.43. The molecular weight excluding hydrogens is 357 g/mol. The van der Waals surface area contributed by atoms with Crippen LogP contribution in [0.25, 0.3) is 11.0 Å². The third kappa shape index (κ3) is 3.11. The third-order valence-corrected chi connectivity index (χ3v) is 5.47. The van der Waals surface area contributed by atoms with Gasteiger partial charge in [-0.05, 0) is 35.6 Å². The minimum Gasteiger partial charge on any atom is -0.464 e. The molecule has 0 bridgehead atoms. The summed E-state index contributed by atoms with van der Waals surface area (Å²) in [5, 5.41) is 23.5. The van der Waals surface area contributed by atoms with Crippen molar-refractivity contribution in [3.63, 3.8) is 0 Å². The fraction of sp³-hybridized carbons (Fsp3) is 0.286. The van der Waals surface area contributed by atoms with Crippen LogP contribution in [0, 0.1) is 0 Å². The number of carbonyl (C=O) groups is 1. The number of ether oxygens (including phenoxy) is 1. The Morgan fingerprint density at radius 3 is 2.75 bits per heavy atom. The number of furan rings is 1. The summed E-state index contributed by atoms with van der Waals surface area (Å²) in [5.74, 6) is -1.26. The zero-order chi connectivity index (χ0) is 19.7. The molecule has 3 N–H and O–H groups in total. The van der Waals surface area contributed by atoms with E-state index in [0.717, 1.165) is 22.1 Å². The van der Waals surface area contributed by atoms with E-state index in [1.54, 1.807) is 6.26 Å². The van der Waals surface area contributed by atoms with Gasteiger partial charge in [0.05, 0.1) is 18.8 Å². The lowest BCUT2D eigenvalue weighted by Crippen LogP contribution is -2.54. The number of amides is 1. The van der Waals surface area contributed by atoms with E-state index in [9.17, 15) is 14.8 Å². The average molecular weight is 379 g/mol. The molecule has 4 rings (SSSR count). The SMILES string of the molecule is CC[C@]1(C(=O)N[C@@H](Cc2coc3ccccc23)B(O)O)OCc2ccccc21. The molecule has 2 heterocycles. The lowest BCUT2D eigenvalue weighted by Gasteiger charge is -2.29. The van der Waals surface area contributed by atoms with Crippen LogP contribution in [0.2, 0.25) is 0 Å². The summed E-state index contributed by atoms with van der Waals surface area (Å²) in [4.78, 5) is 13.2. The van der Waals surface area contributed by atoms with Crippen molar-refractivity contribution < 1.29 is 24.0 Å². The van der Waals surface area contributed by atoms with Gasteiger partial charge in [0.15, 0.2) is 5.60 Å². The molecule has 0 fully saturated rings. The lowest BCUT2D eigenvalue weighted by atomic mass is 9.75. The minimum absolute atomic E-state index is 0.224. The molecule has 2 atom stereocenters. The Kier molecular flexibility index (Phi) is 4.97. The van der Waals surface area contributed by atoms with Crippen molar-refractivity contribution in [2.75, 3.05) is 0 Å². The number of fused-ring (bicyclic) bond motifs is 2. The lowest BCUT2D eigenvalue weighted by molar-refractivity contribution is -0.148. The molecule has 1 aliphatic heterocycles. The van der Waals surface area contributed by atoms with Crippen molar-refractivity contribution >= 4 is 24.0 Å². The first kappa shape index (κ1) is 18.7. The van der Waals surface area contributed by atoms with E-state index in [2.05, 4.69) is 5.32 Å². The molecule has 2 aromatic carbocycles. The van der Waals surface area contributed by atoms with Crippen LogP contribution >= 0.6 is 0 Å². The van der Waals surface area contributed by atoms with Crippen LogP contribution in [0.15, 0.2) is 59.2 Å². The van der Waals surface area contributed by atoms with Crippen LogP contribution in [-0.4, -0.2) is 29.0 Å². The first-order valence-corrected chi connectivity index (χ1v) is 9.39. The molecule has 0 unspecified atom stereocenters. The Labute approximate surface area is 163 Å². The van der Waals surface area contributed by atoms with Crippen LogP contribution in [-0.2, 0) is 28.2 Å². The second-order valence-corrected chi connectivity index (χ2v) is 7.08. The maximum absolute atomic E-state index is 13.2. The fourth-order valence-electron chi connectivity index (χ4n) is 3.90. The van der Waals surface area contributed by atoms with E-state index < -0.39 is 18.7 Å². The summed E-state index contributed by atoms with van der Waals surface area (Å²) in [6.07, 6.45) is 2.25. The monoisotopic (exact) mass is 379 g/mol. The summed E-state index contributed by atoms with van der Waals surface area (Å²) in [7, 11) is -1.72. The minimum atomic E-state index is -1.72. The standard InChI is InChI=1S/C21H22BNO5/c1-2-21(17-9-5-3-7-14(17)13-28-21)20(24)23-19(22(25)26)11-15-12-27-18-10-6-4-8-16(15)18/h3-10,12,19,25-26H,2,11,13H2,1H3,(H,23,24)/t19-,21-/m0/s1. The van der Waals surface area contributed by atoms with Crippen molar-refractivity contribution in [3.8, 4) is 0 Å². The van der Waals surface area contributed by atoms with E-state index >= 15 is 0 Å². The van der Waals surface area contributed by atoms with Gasteiger partial charge in [0.25, 0.3) is 5.91 Å². The zero-order valence-corrected chi connectivity index (χ0v) is 15.6. The second-order valence-electron chi connectivity index (χ2n) is 7.08. The van der Waals surface area contributed by atoms with Gasteiger partial charge in [-0.2, -0.15) is 0 Å².